The number of carbonyl (C=O) groups is 3. The number of benzene rings is 1. The second-order valence-corrected chi connectivity index (χ2v) is 6.94. The van der Waals surface area contributed by atoms with Gasteiger partial charge in [0, 0.05) is 12.2 Å². The highest BCUT2D eigenvalue weighted by Crippen LogP contribution is 2.26. The second kappa shape index (κ2) is 7.20. The number of aromatic carboxylic acids is 1. The maximum Gasteiger partial charge on any atom is 0.347 e. The summed E-state index contributed by atoms with van der Waals surface area (Å²) < 4.78 is 13.0. The van der Waals surface area contributed by atoms with Gasteiger partial charge in [-0.15, -0.1) is 11.3 Å². The summed E-state index contributed by atoms with van der Waals surface area (Å²) in [5.41, 5.74) is 0.944. The molecule has 1 atom stereocenters. The van der Waals surface area contributed by atoms with Crippen molar-refractivity contribution < 1.29 is 23.9 Å². The van der Waals surface area contributed by atoms with Crippen molar-refractivity contribution >= 4 is 34.8 Å². The van der Waals surface area contributed by atoms with Gasteiger partial charge in [0.1, 0.15) is 21.6 Å². The zero-order valence-corrected chi connectivity index (χ0v) is 14.7. The largest absolute Gasteiger partial charge is 0.477 e. The number of hydrogen-bond donors (Lipinski definition) is 2. The maximum atomic E-state index is 13.0. The molecule has 1 aliphatic heterocycles. The molecule has 136 valence electrons. The van der Waals surface area contributed by atoms with Crippen LogP contribution in [0.4, 0.5) is 10.1 Å². The number of aromatic nitrogens is 1. The van der Waals surface area contributed by atoms with Gasteiger partial charge in [-0.25, -0.2) is 14.2 Å². The van der Waals surface area contributed by atoms with Crippen LogP contribution >= 0.6 is 11.3 Å². The SMILES string of the molecule is Cc1nc(CNC(=O)C2CCN(c3ccc(F)cc3)C2=O)sc1C(=O)O. The number of carboxylic acids is 1. The summed E-state index contributed by atoms with van der Waals surface area (Å²) in [7, 11) is 0. The number of anilines is 1. The molecule has 2 amide bonds. The minimum Gasteiger partial charge on any atom is -0.477 e. The molecule has 0 radical (unpaired) electrons. The van der Waals surface area contributed by atoms with Crippen molar-refractivity contribution in [2.75, 3.05) is 11.4 Å². The van der Waals surface area contributed by atoms with Crippen molar-refractivity contribution in [3.63, 3.8) is 0 Å². The van der Waals surface area contributed by atoms with Crippen molar-refractivity contribution in [2.45, 2.75) is 19.9 Å². The highest BCUT2D eigenvalue weighted by atomic mass is 32.1. The number of nitrogens with one attached hydrogen (secondary N) is 1. The minimum atomic E-state index is -1.06. The predicted octanol–water partition coefficient (Wildman–Crippen LogP) is 1.96. The Labute approximate surface area is 152 Å². The summed E-state index contributed by atoms with van der Waals surface area (Å²) in [5.74, 6) is -3.03. The lowest BCUT2D eigenvalue weighted by atomic mass is 10.1. The third-order valence-corrected chi connectivity index (χ3v) is 5.25. The van der Waals surface area contributed by atoms with Crippen molar-refractivity contribution in [1.82, 2.24) is 10.3 Å². The topological polar surface area (TPSA) is 99.6 Å². The number of carboxylic acid groups (broad SMARTS) is 1. The van der Waals surface area contributed by atoms with E-state index in [9.17, 15) is 18.8 Å². The molecule has 7 nitrogen and oxygen atoms in total. The van der Waals surface area contributed by atoms with Crippen LogP contribution in [0, 0.1) is 18.7 Å². The Hall–Kier alpha value is -2.81. The van der Waals surface area contributed by atoms with E-state index < -0.39 is 23.6 Å². The molecule has 0 saturated carbocycles. The molecule has 0 bridgehead atoms. The summed E-state index contributed by atoms with van der Waals surface area (Å²) in [6, 6.07) is 5.53. The molecule has 2 aromatic rings. The lowest BCUT2D eigenvalue weighted by molar-refractivity contribution is -0.132. The van der Waals surface area contributed by atoms with Crippen LogP contribution in [0.25, 0.3) is 0 Å². The Morgan fingerprint density at radius 3 is 2.69 bits per heavy atom. The molecule has 1 aromatic carbocycles. The van der Waals surface area contributed by atoms with Crippen LogP contribution in [0.3, 0.4) is 0 Å². The van der Waals surface area contributed by atoms with E-state index in [2.05, 4.69) is 10.3 Å². The van der Waals surface area contributed by atoms with Gasteiger partial charge in [0.05, 0.1) is 12.2 Å². The third kappa shape index (κ3) is 3.57. The smallest absolute Gasteiger partial charge is 0.347 e. The average Bonchev–Trinajstić information content (AvgIpc) is 3.16. The summed E-state index contributed by atoms with van der Waals surface area (Å²) in [6.07, 6.45) is 0.360. The molecule has 1 aliphatic rings. The molecule has 0 spiro atoms. The Bertz CT molecular complexity index is 865. The molecule has 0 aliphatic carbocycles. The lowest BCUT2D eigenvalue weighted by Crippen LogP contribution is -2.36. The zero-order chi connectivity index (χ0) is 18.8. The number of amides is 2. The molecule has 1 unspecified atom stereocenters. The summed E-state index contributed by atoms with van der Waals surface area (Å²) >= 11 is 0.995. The Morgan fingerprint density at radius 1 is 1.38 bits per heavy atom. The zero-order valence-electron chi connectivity index (χ0n) is 13.9. The van der Waals surface area contributed by atoms with E-state index in [-0.39, 0.29) is 17.3 Å². The number of rotatable bonds is 5. The third-order valence-electron chi connectivity index (χ3n) is 4.11. The van der Waals surface area contributed by atoms with E-state index in [1.807, 2.05) is 0 Å². The van der Waals surface area contributed by atoms with Crippen LogP contribution in [0.5, 0.6) is 0 Å². The average molecular weight is 377 g/mol. The van der Waals surface area contributed by atoms with Crippen LogP contribution in [0.2, 0.25) is 0 Å². The van der Waals surface area contributed by atoms with Crippen LogP contribution in [0.15, 0.2) is 24.3 Å². The number of thiazole rings is 1. The fraction of sp³-hybridized carbons (Fsp3) is 0.294. The molecule has 26 heavy (non-hydrogen) atoms. The standard InChI is InChI=1S/C17H16FN3O4S/c1-9-14(17(24)25)26-13(20-9)8-19-15(22)12-6-7-21(16(12)23)11-4-2-10(18)3-5-11/h2-5,12H,6-8H2,1H3,(H,19,22)(H,24,25). The highest BCUT2D eigenvalue weighted by molar-refractivity contribution is 7.13. The molecule has 1 aromatic heterocycles. The van der Waals surface area contributed by atoms with Crippen molar-refractivity contribution in [2.24, 2.45) is 5.92 Å². The normalized spacial score (nSPS) is 16.8. The number of carbonyl (C=O) groups excluding carboxylic acids is 2. The van der Waals surface area contributed by atoms with Gasteiger partial charge in [0.25, 0.3) is 0 Å². The highest BCUT2D eigenvalue weighted by Gasteiger charge is 2.37. The lowest BCUT2D eigenvalue weighted by Gasteiger charge is -2.16. The van der Waals surface area contributed by atoms with Crippen LogP contribution in [-0.4, -0.2) is 34.4 Å². The molecule has 1 saturated heterocycles. The van der Waals surface area contributed by atoms with Crippen LogP contribution in [-0.2, 0) is 16.1 Å². The van der Waals surface area contributed by atoms with E-state index >= 15 is 0 Å². The van der Waals surface area contributed by atoms with E-state index in [0.717, 1.165) is 11.3 Å². The van der Waals surface area contributed by atoms with Crippen LogP contribution in [0.1, 0.15) is 26.8 Å². The molecular formula is C17H16FN3O4S. The van der Waals surface area contributed by atoms with Gasteiger partial charge < -0.3 is 15.3 Å². The first-order chi connectivity index (χ1) is 12.4. The second-order valence-electron chi connectivity index (χ2n) is 5.85. The van der Waals surface area contributed by atoms with Gasteiger partial charge in [0.15, 0.2) is 0 Å². The Balaban J connectivity index is 1.62. The summed E-state index contributed by atoms with van der Waals surface area (Å²) in [5, 5.41) is 12.1. The van der Waals surface area contributed by atoms with Gasteiger partial charge in [-0.05, 0) is 37.6 Å². The van der Waals surface area contributed by atoms with E-state index in [0.29, 0.717) is 29.4 Å². The van der Waals surface area contributed by atoms with E-state index in [1.165, 1.54) is 29.2 Å². The number of halogens is 1. The first-order valence-electron chi connectivity index (χ1n) is 7.91. The maximum absolute atomic E-state index is 13.0. The molecule has 2 heterocycles. The van der Waals surface area contributed by atoms with Crippen molar-refractivity contribution in [3.05, 3.63) is 45.7 Å². The summed E-state index contributed by atoms with van der Waals surface area (Å²) in [4.78, 5) is 41.5. The Kier molecular flexibility index (Phi) is 4.99. The fourth-order valence-electron chi connectivity index (χ4n) is 2.81. The van der Waals surface area contributed by atoms with E-state index in [4.69, 9.17) is 5.11 Å². The predicted molar refractivity (Wildman–Crippen MR) is 92.5 cm³/mol. The van der Waals surface area contributed by atoms with Crippen molar-refractivity contribution in [3.8, 4) is 0 Å². The number of hydrogen-bond acceptors (Lipinski definition) is 5. The fourth-order valence-corrected chi connectivity index (χ4v) is 3.66. The molecule has 9 heteroatoms. The number of aryl methyl sites for hydroxylation is 1. The summed E-state index contributed by atoms with van der Waals surface area (Å²) in [6.45, 7) is 2.03. The molecule has 2 N–H and O–H groups in total. The number of nitrogens with zero attached hydrogens (tertiary/aromatic N) is 2. The van der Waals surface area contributed by atoms with Gasteiger partial charge in [-0.3, -0.25) is 9.59 Å². The van der Waals surface area contributed by atoms with Crippen molar-refractivity contribution in [1.29, 1.82) is 0 Å². The quantitative estimate of drug-likeness (QED) is 0.776. The van der Waals surface area contributed by atoms with Gasteiger partial charge in [0.2, 0.25) is 11.8 Å². The Morgan fingerprint density at radius 2 is 2.08 bits per heavy atom. The van der Waals surface area contributed by atoms with E-state index in [1.54, 1.807) is 6.92 Å². The van der Waals surface area contributed by atoms with Gasteiger partial charge in [-0.1, -0.05) is 0 Å². The molecule has 3 rings (SSSR count). The molecule has 1 fully saturated rings. The first kappa shape index (κ1) is 18.0. The minimum absolute atomic E-state index is 0.0674. The van der Waals surface area contributed by atoms with Crippen LogP contribution < -0.4 is 10.2 Å². The first-order valence-corrected chi connectivity index (χ1v) is 8.72. The van der Waals surface area contributed by atoms with Gasteiger partial charge >= 0.3 is 5.97 Å². The van der Waals surface area contributed by atoms with Gasteiger partial charge in [-0.2, -0.15) is 0 Å². The molecular weight excluding hydrogens is 361 g/mol. The monoisotopic (exact) mass is 377 g/mol.